The van der Waals surface area contributed by atoms with Crippen molar-refractivity contribution in [1.82, 2.24) is 19.5 Å². The Morgan fingerprint density at radius 1 is 1.32 bits per heavy atom. The predicted octanol–water partition coefficient (Wildman–Crippen LogP) is -0.964. The Hall–Kier alpha value is -2.07. The van der Waals surface area contributed by atoms with Crippen molar-refractivity contribution in [2.75, 3.05) is 18.5 Å². The van der Waals surface area contributed by atoms with Gasteiger partial charge in [-0.1, -0.05) is 6.08 Å². The summed E-state index contributed by atoms with van der Waals surface area (Å²) in [6.07, 6.45) is 0.432. The molecule has 3 rings (SSSR count). The maximum atomic E-state index is 10.1. The summed E-state index contributed by atoms with van der Waals surface area (Å²) in [7, 11) is 0. The molecular weight excluding hydrogens is 290 g/mol. The second-order valence-corrected chi connectivity index (χ2v) is 4.94. The van der Waals surface area contributed by atoms with Gasteiger partial charge < -0.3 is 25.4 Å². The van der Waals surface area contributed by atoms with Crippen LogP contribution in [-0.4, -0.2) is 66.3 Å². The predicted molar refractivity (Wildman–Crippen MR) is 77.0 cm³/mol. The van der Waals surface area contributed by atoms with E-state index in [1.807, 2.05) is 0 Å². The molecule has 1 saturated heterocycles. The molecule has 1 fully saturated rings. The molecule has 0 spiro atoms. The number of hydrogen-bond donors (Lipinski definition) is 4. The smallest absolute Gasteiger partial charge is 0.167 e. The van der Waals surface area contributed by atoms with Crippen LogP contribution >= 0.6 is 0 Å². The van der Waals surface area contributed by atoms with Crippen LogP contribution in [0, 0.1) is 0 Å². The number of ether oxygens (including phenoxy) is 1. The summed E-state index contributed by atoms with van der Waals surface area (Å²) >= 11 is 0. The summed E-state index contributed by atoms with van der Waals surface area (Å²) < 4.78 is 7.00. The standard InChI is InChI=1S/C13H17N5O4/c1-2-3-14-11-8-12(16-5-15-11)18(6-17-8)13-10(21)9(20)7(4-19)22-13/h2,5-7,9-10,13,19-21H,1,3-4H2,(H,14,15,16)/t7-,9+,10+,13-/m1/s1. The Kier molecular flexibility index (Phi) is 4.03. The SMILES string of the molecule is C=CCNc1ncnc2c1ncn2[C@@H]1O[C@H](CO)[C@H](O)[C@@H]1O. The third-order valence-corrected chi connectivity index (χ3v) is 3.56. The van der Waals surface area contributed by atoms with Gasteiger partial charge in [0.1, 0.15) is 24.6 Å². The van der Waals surface area contributed by atoms with Crippen molar-refractivity contribution in [2.45, 2.75) is 24.5 Å². The first kappa shape index (κ1) is 14.9. The molecule has 1 aliphatic heterocycles. The van der Waals surface area contributed by atoms with Gasteiger partial charge in [0.15, 0.2) is 23.2 Å². The van der Waals surface area contributed by atoms with Gasteiger partial charge >= 0.3 is 0 Å². The number of nitrogens with one attached hydrogen (secondary N) is 1. The van der Waals surface area contributed by atoms with Crippen LogP contribution in [0.15, 0.2) is 25.3 Å². The fraction of sp³-hybridized carbons (Fsp3) is 0.462. The van der Waals surface area contributed by atoms with Crippen molar-refractivity contribution in [2.24, 2.45) is 0 Å². The van der Waals surface area contributed by atoms with E-state index in [0.717, 1.165) is 0 Å². The minimum absolute atomic E-state index is 0.386. The molecular formula is C13H17N5O4. The zero-order valence-corrected chi connectivity index (χ0v) is 11.7. The molecule has 0 aromatic carbocycles. The fourth-order valence-corrected chi connectivity index (χ4v) is 2.45. The van der Waals surface area contributed by atoms with Crippen LogP contribution in [0.25, 0.3) is 11.2 Å². The van der Waals surface area contributed by atoms with Gasteiger partial charge in [0.2, 0.25) is 0 Å². The highest BCUT2D eigenvalue weighted by Crippen LogP contribution is 2.31. The molecule has 3 heterocycles. The van der Waals surface area contributed by atoms with E-state index in [1.165, 1.54) is 17.2 Å². The number of nitrogens with zero attached hydrogens (tertiary/aromatic N) is 4. The number of aromatic nitrogens is 4. The second-order valence-electron chi connectivity index (χ2n) is 4.94. The number of hydrogen-bond acceptors (Lipinski definition) is 8. The lowest BCUT2D eigenvalue weighted by Crippen LogP contribution is -2.33. The molecule has 1 aliphatic rings. The molecule has 0 amide bonds. The minimum Gasteiger partial charge on any atom is -0.394 e. The van der Waals surface area contributed by atoms with Crippen molar-refractivity contribution in [3.63, 3.8) is 0 Å². The normalized spacial score (nSPS) is 28.1. The van der Waals surface area contributed by atoms with E-state index in [-0.39, 0.29) is 6.61 Å². The Balaban J connectivity index is 1.97. The molecule has 2 aromatic rings. The Labute approximate surface area is 125 Å². The van der Waals surface area contributed by atoms with E-state index >= 15 is 0 Å². The highest BCUT2D eigenvalue weighted by Gasteiger charge is 2.43. The Morgan fingerprint density at radius 2 is 2.14 bits per heavy atom. The van der Waals surface area contributed by atoms with Gasteiger partial charge in [-0.15, -0.1) is 6.58 Å². The molecule has 0 unspecified atom stereocenters. The first-order valence-corrected chi connectivity index (χ1v) is 6.82. The topological polar surface area (TPSA) is 126 Å². The summed E-state index contributed by atoms with van der Waals surface area (Å²) in [5.41, 5.74) is 0.971. The van der Waals surface area contributed by atoms with Crippen LogP contribution in [0.1, 0.15) is 6.23 Å². The number of anilines is 1. The van der Waals surface area contributed by atoms with E-state index in [2.05, 4.69) is 26.8 Å². The van der Waals surface area contributed by atoms with E-state index in [4.69, 9.17) is 9.84 Å². The first-order valence-electron chi connectivity index (χ1n) is 6.82. The average Bonchev–Trinajstić information content (AvgIpc) is 3.08. The van der Waals surface area contributed by atoms with Crippen LogP contribution in [0.2, 0.25) is 0 Å². The van der Waals surface area contributed by atoms with E-state index in [9.17, 15) is 10.2 Å². The zero-order valence-electron chi connectivity index (χ0n) is 11.7. The molecule has 0 bridgehead atoms. The van der Waals surface area contributed by atoms with E-state index in [0.29, 0.717) is 23.5 Å². The Morgan fingerprint density at radius 3 is 2.82 bits per heavy atom. The number of aliphatic hydroxyl groups excluding tert-OH is 3. The summed E-state index contributed by atoms with van der Waals surface area (Å²) in [5.74, 6) is 0.537. The molecule has 0 saturated carbocycles. The van der Waals surface area contributed by atoms with Crippen LogP contribution in [0.4, 0.5) is 5.82 Å². The number of imidazole rings is 1. The summed E-state index contributed by atoms with van der Waals surface area (Å²) in [4.78, 5) is 12.5. The maximum absolute atomic E-state index is 10.1. The summed E-state index contributed by atoms with van der Waals surface area (Å²) in [5, 5.41) is 32.1. The van der Waals surface area contributed by atoms with Crippen molar-refractivity contribution in [3.05, 3.63) is 25.3 Å². The molecule has 4 atom stereocenters. The minimum atomic E-state index is -1.19. The van der Waals surface area contributed by atoms with Crippen molar-refractivity contribution < 1.29 is 20.1 Å². The molecule has 0 aliphatic carbocycles. The molecule has 9 heteroatoms. The van der Waals surface area contributed by atoms with Gasteiger partial charge in [-0.05, 0) is 0 Å². The summed E-state index contributed by atoms with van der Waals surface area (Å²) in [6.45, 7) is 3.76. The number of aliphatic hydroxyl groups is 3. The fourth-order valence-electron chi connectivity index (χ4n) is 2.45. The van der Waals surface area contributed by atoms with E-state index < -0.39 is 24.5 Å². The van der Waals surface area contributed by atoms with Crippen molar-refractivity contribution in [1.29, 1.82) is 0 Å². The highest BCUT2D eigenvalue weighted by atomic mass is 16.6. The molecule has 9 nitrogen and oxygen atoms in total. The third-order valence-electron chi connectivity index (χ3n) is 3.56. The van der Waals surface area contributed by atoms with Gasteiger partial charge in [0.05, 0.1) is 12.9 Å². The zero-order chi connectivity index (χ0) is 15.7. The molecule has 4 N–H and O–H groups in total. The van der Waals surface area contributed by atoms with Gasteiger partial charge in [-0.25, -0.2) is 15.0 Å². The third kappa shape index (κ3) is 2.33. The van der Waals surface area contributed by atoms with Crippen molar-refractivity contribution >= 4 is 17.0 Å². The quantitative estimate of drug-likeness (QED) is 0.520. The molecule has 0 radical (unpaired) electrons. The molecule has 2 aromatic heterocycles. The molecule has 22 heavy (non-hydrogen) atoms. The lowest BCUT2D eigenvalue weighted by atomic mass is 10.1. The lowest BCUT2D eigenvalue weighted by Gasteiger charge is -2.16. The first-order chi connectivity index (χ1) is 10.7. The maximum Gasteiger partial charge on any atom is 0.167 e. The largest absolute Gasteiger partial charge is 0.394 e. The van der Waals surface area contributed by atoms with Crippen LogP contribution in [-0.2, 0) is 4.74 Å². The Bertz CT molecular complexity index is 675. The lowest BCUT2D eigenvalue weighted by molar-refractivity contribution is -0.0511. The summed E-state index contributed by atoms with van der Waals surface area (Å²) in [6, 6.07) is 0. The highest BCUT2D eigenvalue weighted by molar-refractivity contribution is 5.82. The number of rotatable bonds is 5. The van der Waals surface area contributed by atoms with Gasteiger partial charge in [0, 0.05) is 6.54 Å². The van der Waals surface area contributed by atoms with Crippen LogP contribution in [0.3, 0.4) is 0 Å². The van der Waals surface area contributed by atoms with Crippen LogP contribution in [0.5, 0.6) is 0 Å². The van der Waals surface area contributed by atoms with Crippen LogP contribution < -0.4 is 5.32 Å². The van der Waals surface area contributed by atoms with Gasteiger partial charge in [0.25, 0.3) is 0 Å². The number of fused-ring (bicyclic) bond motifs is 1. The second kappa shape index (κ2) is 5.97. The van der Waals surface area contributed by atoms with Gasteiger partial charge in [-0.2, -0.15) is 0 Å². The van der Waals surface area contributed by atoms with Gasteiger partial charge in [-0.3, -0.25) is 4.57 Å². The van der Waals surface area contributed by atoms with E-state index in [1.54, 1.807) is 6.08 Å². The average molecular weight is 307 g/mol. The molecule has 118 valence electrons. The van der Waals surface area contributed by atoms with Crippen molar-refractivity contribution in [3.8, 4) is 0 Å². The monoisotopic (exact) mass is 307 g/mol.